The van der Waals surface area contributed by atoms with E-state index in [4.69, 9.17) is 0 Å². The molecule has 0 saturated carbocycles. The van der Waals surface area contributed by atoms with Gasteiger partial charge in [0.15, 0.2) is 5.69 Å². The molecule has 1 aromatic carbocycles. The van der Waals surface area contributed by atoms with Gasteiger partial charge in [-0.15, -0.1) is 0 Å². The van der Waals surface area contributed by atoms with Crippen molar-refractivity contribution in [2.24, 2.45) is 5.92 Å². The Balaban J connectivity index is 1.55. The van der Waals surface area contributed by atoms with E-state index < -0.39 is 0 Å². The zero-order valence-electron chi connectivity index (χ0n) is 14.5. The van der Waals surface area contributed by atoms with E-state index in [-0.39, 0.29) is 5.91 Å². The highest BCUT2D eigenvalue weighted by Gasteiger charge is 2.22. The van der Waals surface area contributed by atoms with Crippen LogP contribution in [0.25, 0.3) is 5.69 Å². The molecule has 0 spiro atoms. The van der Waals surface area contributed by atoms with Crippen LogP contribution in [0.2, 0.25) is 0 Å². The third kappa shape index (κ3) is 4.03. The molecule has 1 N–H and O–H groups in total. The van der Waals surface area contributed by atoms with Crippen molar-refractivity contribution in [1.82, 2.24) is 20.0 Å². The van der Waals surface area contributed by atoms with Gasteiger partial charge >= 0.3 is 0 Å². The minimum Gasteiger partial charge on any atom is -0.350 e. The summed E-state index contributed by atoms with van der Waals surface area (Å²) in [5.41, 5.74) is 1.42. The van der Waals surface area contributed by atoms with Gasteiger partial charge in [-0.1, -0.05) is 18.2 Å². The highest BCUT2D eigenvalue weighted by molar-refractivity contribution is 5.92. The second-order valence-corrected chi connectivity index (χ2v) is 6.79. The molecule has 1 aliphatic rings. The number of likely N-dealkylation sites (tertiary alicyclic amines) is 1. The Morgan fingerprint density at radius 2 is 2.08 bits per heavy atom. The lowest BCUT2D eigenvalue weighted by atomic mass is 9.97. The Kier molecular flexibility index (Phi) is 5.30. The summed E-state index contributed by atoms with van der Waals surface area (Å²) in [6, 6.07) is 12.2. The van der Waals surface area contributed by atoms with Crippen molar-refractivity contribution in [2.75, 3.05) is 19.6 Å². The van der Waals surface area contributed by atoms with Crippen LogP contribution >= 0.6 is 0 Å². The van der Waals surface area contributed by atoms with Crippen molar-refractivity contribution < 1.29 is 4.79 Å². The standard InChI is InChI=1S/C19H26N4O/c1-15(2)22-11-6-7-16(14-22)13-20-19(24)18-10-12-23(21-18)17-8-4-3-5-9-17/h3-5,8-10,12,15-16H,6-7,11,13-14H2,1-2H3,(H,20,24)/t16-/m1/s1. The number of benzene rings is 1. The number of hydrogen-bond donors (Lipinski definition) is 1. The molecule has 0 aliphatic carbocycles. The molecule has 5 heteroatoms. The molecule has 128 valence electrons. The molecule has 1 saturated heterocycles. The Morgan fingerprint density at radius 3 is 2.83 bits per heavy atom. The van der Waals surface area contributed by atoms with E-state index in [2.05, 4.69) is 29.2 Å². The van der Waals surface area contributed by atoms with Crippen LogP contribution in [0, 0.1) is 5.92 Å². The van der Waals surface area contributed by atoms with Crippen molar-refractivity contribution in [2.45, 2.75) is 32.7 Å². The fraction of sp³-hybridized carbons (Fsp3) is 0.474. The summed E-state index contributed by atoms with van der Waals surface area (Å²) >= 11 is 0. The molecule has 1 amide bonds. The number of hydrogen-bond acceptors (Lipinski definition) is 3. The number of nitrogens with zero attached hydrogens (tertiary/aromatic N) is 3. The highest BCUT2D eigenvalue weighted by Crippen LogP contribution is 2.17. The van der Waals surface area contributed by atoms with Crippen LogP contribution in [0.3, 0.4) is 0 Å². The fourth-order valence-electron chi connectivity index (χ4n) is 3.23. The summed E-state index contributed by atoms with van der Waals surface area (Å²) in [7, 11) is 0. The molecule has 1 aromatic heterocycles. The van der Waals surface area contributed by atoms with Gasteiger partial charge in [0.05, 0.1) is 5.69 Å². The first-order valence-corrected chi connectivity index (χ1v) is 8.77. The van der Waals surface area contributed by atoms with E-state index in [1.54, 1.807) is 10.7 Å². The van der Waals surface area contributed by atoms with Crippen molar-refractivity contribution in [3.05, 3.63) is 48.3 Å². The number of carbonyl (C=O) groups excluding carboxylic acids is 1. The molecule has 1 atom stereocenters. The van der Waals surface area contributed by atoms with Crippen LogP contribution in [-0.4, -0.2) is 46.3 Å². The Morgan fingerprint density at radius 1 is 1.29 bits per heavy atom. The summed E-state index contributed by atoms with van der Waals surface area (Å²) < 4.78 is 1.73. The number of amides is 1. The zero-order valence-corrected chi connectivity index (χ0v) is 14.5. The van der Waals surface area contributed by atoms with Crippen LogP contribution in [0.15, 0.2) is 42.6 Å². The molecule has 5 nitrogen and oxygen atoms in total. The van der Waals surface area contributed by atoms with Gasteiger partial charge < -0.3 is 10.2 Å². The van der Waals surface area contributed by atoms with E-state index in [0.29, 0.717) is 17.7 Å². The molecule has 3 rings (SSSR count). The van der Waals surface area contributed by atoms with Crippen LogP contribution in [0.5, 0.6) is 0 Å². The van der Waals surface area contributed by atoms with Crippen LogP contribution in [0.1, 0.15) is 37.2 Å². The molecule has 0 bridgehead atoms. The summed E-state index contributed by atoms with van der Waals surface area (Å²) in [4.78, 5) is 14.8. The lowest BCUT2D eigenvalue weighted by molar-refractivity contribution is 0.0917. The fourth-order valence-corrected chi connectivity index (χ4v) is 3.23. The quantitative estimate of drug-likeness (QED) is 0.919. The van der Waals surface area contributed by atoms with Gasteiger partial charge in [0.1, 0.15) is 0 Å². The molecule has 2 heterocycles. The smallest absolute Gasteiger partial charge is 0.271 e. The molecule has 0 unspecified atom stereocenters. The van der Waals surface area contributed by atoms with E-state index in [1.165, 1.54) is 19.4 Å². The van der Waals surface area contributed by atoms with E-state index in [1.807, 2.05) is 36.5 Å². The molecule has 24 heavy (non-hydrogen) atoms. The van der Waals surface area contributed by atoms with Crippen molar-refractivity contribution in [1.29, 1.82) is 0 Å². The topological polar surface area (TPSA) is 50.2 Å². The van der Waals surface area contributed by atoms with Crippen LogP contribution in [0.4, 0.5) is 0 Å². The van der Waals surface area contributed by atoms with E-state index in [0.717, 1.165) is 18.8 Å². The van der Waals surface area contributed by atoms with Gasteiger partial charge in [-0.2, -0.15) is 5.10 Å². The number of piperidine rings is 1. The van der Waals surface area contributed by atoms with Crippen molar-refractivity contribution in [3.8, 4) is 5.69 Å². The number of nitrogens with one attached hydrogen (secondary N) is 1. The Labute approximate surface area is 143 Å². The van der Waals surface area contributed by atoms with Crippen LogP contribution < -0.4 is 5.32 Å². The average molecular weight is 326 g/mol. The lowest BCUT2D eigenvalue weighted by Gasteiger charge is -2.35. The highest BCUT2D eigenvalue weighted by atomic mass is 16.1. The predicted molar refractivity (Wildman–Crippen MR) is 95.3 cm³/mol. The third-order valence-electron chi connectivity index (χ3n) is 4.67. The first-order chi connectivity index (χ1) is 11.6. The first-order valence-electron chi connectivity index (χ1n) is 8.77. The Hall–Kier alpha value is -2.14. The molecule has 2 aromatic rings. The summed E-state index contributed by atoms with van der Waals surface area (Å²) in [5, 5.41) is 7.43. The third-order valence-corrected chi connectivity index (χ3v) is 4.67. The number of para-hydroxylation sites is 1. The summed E-state index contributed by atoms with van der Waals surface area (Å²) in [6.45, 7) is 7.43. The maximum Gasteiger partial charge on any atom is 0.271 e. The number of aromatic nitrogens is 2. The van der Waals surface area contributed by atoms with Gasteiger partial charge in [0.2, 0.25) is 0 Å². The molecular weight excluding hydrogens is 300 g/mol. The van der Waals surface area contributed by atoms with Gasteiger partial charge in [-0.3, -0.25) is 4.79 Å². The SMILES string of the molecule is CC(C)N1CCC[C@H](CNC(=O)c2ccn(-c3ccccc3)n2)C1. The van der Waals surface area contributed by atoms with Gasteiger partial charge in [0, 0.05) is 25.3 Å². The first kappa shape index (κ1) is 16.7. The number of carbonyl (C=O) groups is 1. The van der Waals surface area contributed by atoms with E-state index in [9.17, 15) is 4.79 Å². The normalized spacial score (nSPS) is 18.7. The minimum atomic E-state index is -0.0913. The maximum absolute atomic E-state index is 12.3. The maximum atomic E-state index is 12.3. The molecular formula is C19H26N4O. The van der Waals surface area contributed by atoms with Gasteiger partial charge in [-0.25, -0.2) is 4.68 Å². The van der Waals surface area contributed by atoms with Gasteiger partial charge in [-0.05, 0) is 57.4 Å². The molecule has 0 radical (unpaired) electrons. The monoisotopic (exact) mass is 326 g/mol. The van der Waals surface area contributed by atoms with Crippen molar-refractivity contribution >= 4 is 5.91 Å². The zero-order chi connectivity index (χ0) is 16.9. The van der Waals surface area contributed by atoms with E-state index >= 15 is 0 Å². The number of rotatable bonds is 5. The molecule has 1 aliphatic heterocycles. The summed E-state index contributed by atoms with van der Waals surface area (Å²) in [6.07, 6.45) is 4.22. The second-order valence-electron chi connectivity index (χ2n) is 6.79. The van der Waals surface area contributed by atoms with Crippen LogP contribution in [-0.2, 0) is 0 Å². The average Bonchev–Trinajstić information content (AvgIpc) is 3.11. The minimum absolute atomic E-state index is 0.0913. The predicted octanol–water partition coefficient (Wildman–Crippen LogP) is 2.72. The second kappa shape index (κ2) is 7.62. The van der Waals surface area contributed by atoms with Crippen molar-refractivity contribution in [3.63, 3.8) is 0 Å². The summed E-state index contributed by atoms with van der Waals surface area (Å²) in [5.74, 6) is 0.438. The Bertz CT molecular complexity index is 665. The lowest BCUT2D eigenvalue weighted by Crippen LogP contribution is -2.43. The largest absolute Gasteiger partial charge is 0.350 e. The van der Waals surface area contributed by atoms with Gasteiger partial charge in [0.25, 0.3) is 5.91 Å². The molecule has 1 fully saturated rings.